The van der Waals surface area contributed by atoms with E-state index in [2.05, 4.69) is 31.5 Å². The lowest BCUT2D eigenvalue weighted by Gasteiger charge is -2.15. The number of rotatable bonds is 4. The summed E-state index contributed by atoms with van der Waals surface area (Å²) in [6, 6.07) is 6.53. The molecule has 106 valence electrons. The summed E-state index contributed by atoms with van der Waals surface area (Å²) in [6.07, 6.45) is 4.79. The number of imidazole rings is 1. The molecule has 0 atom stereocenters. The minimum Gasteiger partial charge on any atom is -0.481 e. The van der Waals surface area contributed by atoms with Crippen molar-refractivity contribution in [2.45, 2.75) is 36.9 Å². The van der Waals surface area contributed by atoms with Gasteiger partial charge in [0.25, 0.3) is 0 Å². The normalized spacial score (nSPS) is 16.1. The van der Waals surface area contributed by atoms with E-state index in [1.807, 2.05) is 12.1 Å². The Morgan fingerprint density at radius 2 is 2.20 bits per heavy atom. The zero-order valence-corrected chi connectivity index (χ0v) is 13.3. The Morgan fingerprint density at radius 3 is 2.90 bits per heavy atom. The second-order valence-electron chi connectivity index (χ2n) is 5.02. The third-order valence-corrected chi connectivity index (χ3v) is 5.06. The number of carboxylic acid groups (broad SMARTS) is 1. The molecule has 3 rings (SSSR count). The highest BCUT2D eigenvalue weighted by Crippen LogP contribution is 2.37. The van der Waals surface area contributed by atoms with Crippen LogP contribution in [-0.4, -0.2) is 26.4 Å². The third-order valence-electron chi connectivity index (χ3n) is 3.63. The molecular formula is C14H15BrN2O2S. The van der Waals surface area contributed by atoms with Crippen molar-refractivity contribution in [3.8, 4) is 0 Å². The molecule has 6 heteroatoms. The molecule has 1 saturated carbocycles. The van der Waals surface area contributed by atoms with Crippen LogP contribution in [-0.2, 0) is 4.79 Å². The quantitative estimate of drug-likeness (QED) is 0.840. The van der Waals surface area contributed by atoms with E-state index in [9.17, 15) is 4.79 Å². The summed E-state index contributed by atoms with van der Waals surface area (Å²) < 4.78 is 3.23. The summed E-state index contributed by atoms with van der Waals surface area (Å²) in [5.74, 6) is -0.752. The monoisotopic (exact) mass is 354 g/mol. The Labute approximate surface area is 129 Å². The molecule has 0 saturated heterocycles. The number of carbonyl (C=O) groups is 1. The van der Waals surface area contributed by atoms with Gasteiger partial charge in [-0.25, -0.2) is 4.98 Å². The first-order valence-electron chi connectivity index (χ1n) is 6.67. The predicted octanol–water partition coefficient (Wildman–Crippen LogP) is 4.09. The lowest BCUT2D eigenvalue weighted by Crippen LogP contribution is -2.07. The van der Waals surface area contributed by atoms with Crippen LogP contribution >= 0.6 is 27.7 Å². The smallest absolute Gasteiger partial charge is 0.313 e. The molecule has 2 aromatic rings. The van der Waals surface area contributed by atoms with E-state index in [-0.39, 0.29) is 5.75 Å². The molecule has 0 unspecified atom stereocenters. The molecule has 20 heavy (non-hydrogen) atoms. The van der Waals surface area contributed by atoms with Crippen LogP contribution in [0, 0.1) is 0 Å². The number of carboxylic acids is 1. The zero-order valence-electron chi connectivity index (χ0n) is 10.9. The summed E-state index contributed by atoms with van der Waals surface area (Å²) in [7, 11) is 0. The Balaban J connectivity index is 2.05. The highest BCUT2D eigenvalue weighted by molar-refractivity contribution is 9.10. The molecule has 0 spiro atoms. The molecule has 1 heterocycles. The van der Waals surface area contributed by atoms with Crippen LogP contribution in [0.25, 0.3) is 11.0 Å². The minimum absolute atomic E-state index is 0.0528. The lowest BCUT2D eigenvalue weighted by molar-refractivity contribution is -0.133. The highest BCUT2D eigenvalue weighted by atomic mass is 79.9. The van der Waals surface area contributed by atoms with Crippen LogP contribution < -0.4 is 0 Å². The summed E-state index contributed by atoms with van der Waals surface area (Å²) in [4.78, 5) is 15.4. The fourth-order valence-electron chi connectivity index (χ4n) is 2.79. The van der Waals surface area contributed by atoms with E-state index < -0.39 is 5.97 Å². The van der Waals surface area contributed by atoms with Gasteiger partial charge in [0.1, 0.15) is 0 Å². The number of hydrogen-bond acceptors (Lipinski definition) is 3. The van der Waals surface area contributed by atoms with Gasteiger partial charge in [-0.2, -0.15) is 0 Å². The van der Waals surface area contributed by atoms with E-state index >= 15 is 0 Å². The number of nitrogens with zero attached hydrogens (tertiary/aromatic N) is 2. The van der Waals surface area contributed by atoms with E-state index in [4.69, 9.17) is 5.11 Å². The fraction of sp³-hybridized carbons (Fsp3) is 0.429. The number of halogens is 1. The highest BCUT2D eigenvalue weighted by Gasteiger charge is 2.23. The molecule has 0 aliphatic heterocycles. The Hall–Kier alpha value is -1.01. The van der Waals surface area contributed by atoms with Gasteiger partial charge in [-0.3, -0.25) is 4.79 Å². The SMILES string of the molecule is O=C(O)CSc1nc2cc(Br)ccc2n1C1CCCC1. The van der Waals surface area contributed by atoms with Crippen molar-refractivity contribution in [3.05, 3.63) is 22.7 Å². The van der Waals surface area contributed by atoms with E-state index in [0.29, 0.717) is 6.04 Å². The van der Waals surface area contributed by atoms with Gasteiger partial charge >= 0.3 is 5.97 Å². The molecular weight excluding hydrogens is 340 g/mol. The predicted molar refractivity (Wildman–Crippen MR) is 83.3 cm³/mol. The molecule has 0 bridgehead atoms. The first-order chi connectivity index (χ1) is 9.65. The van der Waals surface area contributed by atoms with Crippen molar-refractivity contribution in [2.24, 2.45) is 0 Å². The lowest BCUT2D eigenvalue weighted by atomic mass is 10.2. The molecule has 4 nitrogen and oxygen atoms in total. The van der Waals surface area contributed by atoms with Gasteiger partial charge in [-0.05, 0) is 31.0 Å². The fourth-order valence-corrected chi connectivity index (χ4v) is 3.94. The summed E-state index contributed by atoms with van der Waals surface area (Å²) in [6.45, 7) is 0. The number of hydrogen-bond donors (Lipinski definition) is 1. The number of benzene rings is 1. The van der Waals surface area contributed by atoms with Gasteiger partial charge in [0.15, 0.2) is 5.16 Å². The first-order valence-corrected chi connectivity index (χ1v) is 8.45. The molecule has 1 fully saturated rings. The van der Waals surface area contributed by atoms with Gasteiger partial charge in [-0.1, -0.05) is 40.5 Å². The van der Waals surface area contributed by atoms with Crippen LogP contribution in [0.3, 0.4) is 0 Å². The van der Waals surface area contributed by atoms with Crippen LogP contribution in [0.5, 0.6) is 0 Å². The zero-order chi connectivity index (χ0) is 14.1. The molecule has 1 aliphatic rings. The second kappa shape index (κ2) is 5.77. The second-order valence-corrected chi connectivity index (χ2v) is 6.88. The number of fused-ring (bicyclic) bond motifs is 1. The van der Waals surface area contributed by atoms with E-state index in [0.717, 1.165) is 33.5 Å². The van der Waals surface area contributed by atoms with Crippen LogP contribution in [0.2, 0.25) is 0 Å². The maximum absolute atomic E-state index is 10.8. The Morgan fingerprint density at radius 1 is 1.45 bits per heavy atom. The van der Waals surface area contributed by atoms with Crippen molar-refractivity contribution >= 4 is 44.7 Å². The first kappa shape index (κ1) is 13.9. The minimum atomic E-state index is -0.804. The summed E-state index contributed by atoms with van der Waals surface area (Å²) in [5, 5.41) is 9.71. The molecule has 0 amide bonds. The largest absolute Gasteiger partial charge is 0.481 e. The molecule has 1 aromatic heterocycles. The number of thioether (sulfide) groups is 1. The van der Waals surface area contributed by atoms with Gasteiger partial charge in [0.05, 0.1) is 16.8 Å². The van der Waals surface area contributed by atoms with Gasteiger partial charge in [0.2, 0.25) is 0 Å². The van der Waals surface area contributed by atoms with E-state index in [1.165, 1.54) is 24.6 Å². The molecule has 1 aliphatic carbocycles. The number of aliphatic carboxylic acids is 1. The summed E-state index contributed by atoms with van der Waals surface area (Å²) in [5.41, 5.74) is 2.03. The maximum atomic E-state index is 10.8. The standard InChI is InChI=1S/C14H15BrN2O2S/c15-9-5-6-12-11(7-9)16-14(20-8-13(18)19)17(12)10-3-1-2-4-10/h5-7,10H,1-4,8H2,(H,18,19). The van der Waals surface area contributed by atoms with Crippen LogP contribution in [0.4, 0.5) is 0 Å². The van der Waals surface area contributed by atoms with Gasteiger partial charge in [0, 0.05) is 10.5 Å². The maximum Gasteiger partial charge on any atom is 0.313 e. The molecule has 1 N–H and O–H groups in total. The molecule has 0 radical (unpaired) electrons. The Kier molecular flexibility index (Phi) is 4.03. The Bertz CT molecular complexity index is 650. The van der Waals surface area contributed by atoms with Crippen molar-refractivity contribution in [3.63, 3.8) is 0 Å². The van der Waals surface area contributed by atoms with Crippen LogP contribution in [0.15, 0.2) is 27.8 Å². The third kappa shape index (κ3) is 2.72. The number of aromatic nitrogens is 2. The van der Waals surface area contributed by atoms with Crippen molar-refractivity contribution in [2.75, 3.05) is 5.75 Å². The van der Waals surface area contributed by atoms with Crippen molar-refractivity contribution < 1.29 is 9.90 Å². The van der Waals surface area contributed by atoms with Crippen LogP contribution in [0.1, 0.15) is 31.7 Å². The topological polar surface area (TPSA) is 55.1 Å². The summed E-state index contributed by atoms with van der Waals surface area (Å²) >= 11 is 4.77. The van der Waals surface area contributed by atoms with Crippen molar-refractivity contribution in [1.82, 2.24) is 9.55 Å². The average molecular weight is 355 g/mol. The van der Waals surface area contributed by atoms with Crippen molar-refractivity contribution in [1.29, 1.82) is 0 Å². The van der Waals surface area contributed by atoms with E-state index in [1.54, 1.807) is 0 Å². The average Bonchev–Trinajstić information content (AvgIpc) is 3.01. The van der Waals surface area contributed by atoms with Gasteiger partial charge in [-0.15, -0.1) is 0 Å². The molecule has 1 aromatic carbocycles. The van der Waals surface area contributed by atoms with Gasteiger partial charge < -0.3 is 9.67 Å².